The van der Waals surface area contributed by atoms with E-state index in [2.05, 4.69) is 29.8 Å². The van der Waals surface area contributed by atoms with E-state index >= 15 is 4.39 Å². The normalized spacial score (nSPS) is 12.1. The summed E-state index contributed by atoms with van der Waals surface area (Å²) in [5, 5.41) is 32.5. The van der Waals surface area contributed by atoms with Gasteiger partial charge in [-0.25, -0.2) is 4.39 Å². The first-order chi connectivity index (χ1) is 25.1. The quantitative estimate of drug-likeness (QED) is 0.0809. The number of phenolic OH excluding ortho intramolecular Hbond substituents is 2. The van der Waals surface area contributed by atoms with Gasteiger partial charge < -0.3 is 26.2 Å². The highest BCUT2D eigenvalue weighted by atomic mass is 19.1. The van der Waals surface area contributed by atoms with Crippen LogP contribution in [0.25, 0.3) is 0 Å². The van der Waals surface area contributed by atoms with Crippen LogP contribution in [0.1, 0.15) is 107 Å². The van der Waals surface area contributed by atoms with Crippen molar-refractivity contribution in [1.29, 1.82) is 0 Å². The van der Waals surface area contributed by atoms with Gasteiger partial charge in [-0.15, -0.1) is 0 Å². The minimum absolute atomic E-state index is 0.0129. The molecular formula is C44H46FN3O4. The van der Waals surface area contributed by atoms with Gasteiger partial charge in [-0.05, 0) is 84.0 Å². The number of para-hydroxylation sites is 3. The molecule has 1 aliphatic carbocycles. The molecule has 0 fully saturated rings. The predicted molar refractivity (Wildman–Crippen MR) is 208 cm³/mol. The minimum atomic E-state index is -0.936. The van der Waals surface area contributed by atoms with Crippen molar-refractivity contribution in [2.45, 2.75) is 80.1 Å². The topological polar surface area (TPSA) is 111 Å². The summed E-state index contributed by atoms with van der Waals surface area (Å²) in [6.45, 7) is 12.2. The Hall–Kier alpha value is -5.63. The summed E-state index contributed by atoms with van der Waals surface area (Å²) in [6.07, 6.45) is 4.03. The van der Waals surface area contributed by atoms with Crippen molar-refractivity contribution in [1.82, 2.24) is 0 Å². The van der Waals surface area contributed by atoms with Crippen molar-refractivity contribution in [3.8, 4) is 11.5 Å². The monoisotopic (exact) mass is 699 g/mol. The molecule has 1 aliphatic rings. The number of halogens is 1. The van der Waals surface area contributed by atoms with Gasteiger partial charge in [0.15, 0.2) is 5.82 Å². The van der Waals surface area contributed by atoms with Gasteiger partial charge in [0.1, 0.15) is 17.2 Å². The second-order valence-electron chi connectivity index (χ2n) is 13.1. The molecule has 52 heavy (non-hydrogen) atoms. The van der Waals surface area contributed by atoms with Crippen molar-refractivity contribution in [3.63, 3.8) is 0 Å². The number of carbonyl (C=O) groups excluding carboxylic acids is 2. The number of ketones is 2. The van der Waals surface area contributed by atoms with Gasteiger partial charge >= 0.3 is 0 Å². The average molecular weight is 700 g/mol. The number of aromatic hydroxyl groups is 2. The van der Waals surface area contributed by atoms with Crippen LogP contribution in [-0.2, 0) is 38.5 Å². The van der Waals surface area contributed by atoms with E-state index in [1.807, 2.05) is 82.3 Å². The fourth-order valence-electron chi connectivity index (χ4n) is 7.40. The van der Waals surface area contributed by atoms with Gasteiger partial charge in [0.2, 0.25) is 11.6 Å². The Morgan fingerprint density at radius 2 is 0.731 bits per heavy atom. The van der Waals surface area contributed by atoms with E-state index in [4.69, 9.17) is 0 Å². The summed E-state index contributed by atoms with van der Waals surface area (Å²) in [4.78, 5) is 29.2. The molecule has 5 aromatic carbocycles. The molecule has 0 saturated heterocycles. The maximum Gasteiger partial charge on any atom is 0.201 e. The molecule has 6 rings (SSSR count). The minimum Gasteiger partial charge on any atom is -0.507 e. The van der Waals surface area contributed by atoms with Crippen molar-refractivity contribution >= 4 is 45.7 Å². The van der Waals surface area contributed by atoms with E-state index in [0.717, 1.165) is 56.5 Å². The van der Waals surface area contributed by atoms with Gasteiger partial charge in [-0.2, -0.15) is 0 Å². The molecule has 0 aliphatic heterocycles. The highest BCUT2D eigenvalue weighted by Crippen LogP contribution is 2.50. The van der Waals surface area contributed by atoms with Crippen LogP contribution in [0.2, 0.25) is 0 Å². The third kappa shape index (κ3) is 6.06. The number of rotatable bonds is 12. The van der Waals surface area contributed by atoms with E-state index in [1.54, 1.807) is 0 Å². The van der Waals surface area contributed by atoms with Crippen LogP contribution >= 0.6 is 0 Å². The van der Waals surface area contributed by atoms with Crippen LogP contribution in [0.15, 0.2) is 66.7 Å². The molecule has 0 unspecified atom stereocenters. The van der Waals surface area contributed by atoms with E-state index in [-0.39, 0.29) is 28.2 Å². The third-order valence-corrected chi connectivity index (χ3v) is 10.3. The summed E-state index contributed by atoms with van der Waals surface area (Å²) in [5.74, 6) is -3.59. The molecule has 0 bridgehead atoms. The van der Waals surface area contributed by atoms with Crippen LogP contribution < -0.4 is 16.0 Å². The number of hydrogen-bond acceptors (Lipinski definition) is 7. The lowest BCUT2D eigenvalue weighted by Crippen LogP contribution is -2.26. The zero-order valence-corrected chi connectivity index (χ0v) is 30.7. The maximum atomic E-state index is 17.8. The fraction of sp³-hybridized carbons (Fsp3) is 0.273. The van der Waals surface area contributed by atoms with Crippen LogP contribution in [0.5, 0.6) is 11.5 Å². The molecule has 0 spiro atoms. The first-order valence-electron chi connectivity index (χ1n) is 18.3. The number of nitrogens with one attached hydrogen (secondary N) is 3. The lowest BCUT2D eigenvalue weighted by atomic mass is 9.80. The lowest BCUT2D eigenvalue weighted by Gasteiger charge is -2.30. The predicted octanol–water partition coefficient (Wildman–Crippen LogP) is 10.6. The van der Waals surface area contributed by atoms with Crippen molar-refractivity contribution < 1.29 is 24.2 Å². The Balaban J connectivity index is 1.79. The molecule has 268 valence electrons. The Morgan fingerprint density at radius 3 is 1.08 bits per heavy atom. The standard InChI is InChI=1S/C44H46FN3O4/c1-7-24-16-13-17-25(8-2)37(24)46-40-35-34(43(51)32-30(49)22-23-31(50)33(32)44(35)52)36(45)41(47-38-26(9-3)18-14-19-27(38)10-4)42(40)48-39-28(11-5)20-15-21-29(39)12-6/h13-23,46-50H,7-12H2,1-6H3. The van der Waals surface area contributed by atoms with Gasteiger partial charge in [0.05, 0.1) is 33.6 Å². The smallest absolute Gasteiger partial charge is 0.201 e. The number of anilines is 6. The van der Waals surface area contributed by atoms with Crippen LogP contribution in [0.4, 0.5) is 38.5 Å². The second-order valence-corrected chi connectivity index (χ2v) is 13.1. The largest absolute Gasteiger partial charge is 0.507 e. The summed E-state index contributed by atoms with van der Waals surface area (Å²) in [6, 6.07) is 20.3. The van der Waals surface area contributed by atoms with Gasteiger partial charge in [0, 0.05) is 17.1 Å². The molecule has 5 aromatic rings. The fourth-order valence-corrected chi connectivity index (χ4v) is 7.40. The Kier molecular flexibility index (Phi) is 10.4. The number of carbonyl (C=O) groups is 2. The molecule has 0 heterocycles. The summed E-state index contributed by atoms with van der Waals surface area (Å²) in [5.41, 5.74) is 7.06. The highest BCUT2D eigenvalue weighted by Gasteiger charge is 2.41. The summed E-state index contributed by atoms with van der Waals surface area (Å²) < 4.78 is 17.8. The van der Waals surface area contributed by atoms with Crippen molar-refractivity contribution in [3.05, 3.63) is 128 Å². The summed E-state index contributed by atoms with van der Waals surface area (Å²) in [7, 11) is 0. The van der Waals surface area contributed by atoms with Crippen molar-refractivity contribution in [2.75, 3.05) is 16.0 Å². The number of phenols is 2. The lowest BCUT2D eigenvalue weighted by molar-refractivity contribution is 0.0971. The summed E-state index contributed by atoms with van der Waals surface area (Å²) >= 11 is 0. The van der Waals surface area contributed by atoms with Gasteiger partial charge in [0.25, 0.3) is 0 Å². The second kappa shape index (κ2) is 14.9. The average Bonchev–Trinajstić information content (AvgIpc) is 3.16. The zero-order valence-electron chi connectivity index (χ0n) is 30.7. The van der Waals surface area contributed by atoms with Crippen LogP contribution in [0, 0.1) is 5.82 Å². The third-order valence-electron chi connectivity index (χ3n) is 10.3. The molecule has 5 N–H and O–H groups in total. The van der Waals surface area contributed by atoms with E-state index in [9.17, 15) is 19.8 Å². The first kappa shape index (κ1) is 36.2. The van der Waals surface area contributed by atoms with Gasteiger partial charge in [-0.3, -0.25) is 9.59 Å². The highest BCUT2D eigenvalue weighted by molar-refractivity contribution is 6.33. The zero-order chi connectivity index (χ0) is 37.3. The molecule has 0 atom stereocenters. The Bertz CT molecular complexity index is 2160. The van der Waals surface area contributed by atoms with E-state index in [1.165, 1.54) is 6.07 Å². The molecule has 0 aromatic heterocycles. The first-order valence-corrected chi connectivity index (χ1v) is 18.3. The maximum absolute atomic E-state index is 17.8. The molecule has 8 heteroatoms. The van der Waals surface area contributed by atoms with E-state index in [0.29, 0.717) is 38.5 Å². The van der Waals surface area contributed by atoms with E-state index < -0.39 is 40.0 Å². The molecule has 7 nitrogen and oxygen atoms in total. The molecule has 0 radical (unpaired) electrons. The van der Waals surface area contributed by atoms with Crippen LogP contribution in [-0.4, -0.2) is 21.8 Å². The van der Waals surface area contributed by atoms with Crippen molar-refractivity contribution in [2.24, 2.45) is 0 Å². The number of fused-ring (bicyclic) bond motifs is 2. The Morgan fingerprint density at radius 1 is 0.423 bits per heavy atom. The van der Waals surface area contributed by atoms with Crippen LogP contribution in [0.3, 0.4) is 0 Å². The number of benzene rings is 5. The molecule has 0 amide bonds. The number of aryl methyl sites for hydroxylation is 6. The SMILES string of the molecule is CCc1cccc(CC)c1Nc1c(F)c2c(c(Nc3c(CC)cccc3CC)c1Nc1c(CC)cccc1CC)C(=O)c1c(O)ccc(O)c1C2=O. The molecular weight excluding hydrogens is 653 g/mol. The Labute approximate surface area is 304 Å². The number of hydrogen-bond donors (Lipinski definition) is 5. The van der Waals surface area contributed by atoms with Gasteiger partial charge in [-0.1, -0.05) is 96.1 Å². The molecule has 0 saturated carbocycles.